The van der Waals surface area contributed by atoms with Crippen LogP contribution in [0.25, 0.3) is 0 Å². The number of benzene rings is 1. The van der Waals surface area contributed by atoms with E-state index in [0.717, 1.165) is 11.0 Å². The molecular formula is C9H13BO. The highest BCUT2D eigenvalue weighted by Crippen LogP contribution is 2.09. The average molecular weight is 148 g/mol. The molecule has 1 N–H and O–H groups in total. The van der Waals surface area contributed by atoms with Crippen molar-refractivity contribution in [2.45, 2.75) is 20.0 Å². The van der Waals surface area contributed by atoms with Crippen LogP contribution in [0, 0.1) is 6.92 Å². The fourth-order valence-electron chi connectivity index (χ4n) is 1.21. The second-order valence-electron chi connectivity index (χ2n) is 3.04. The summed E-state index contributed by atoms with van der Waals surface area (Å²) in [7, 11) is 2.02. The van der Waals surface area contributed by atoms with Crippen LogP contribution in [0.1, 0.15) is 24.2 Å². The Hall–Kier alpha value is -0.755. The second kappa shape index (κ2) is 3.10. The molecule has 0 spiro atoms. The van der Waals surface area contributed by atoms with Crippen molar-refractivity contribution in [3.8, 4) is 0 Å². The highest BCUT2D eigenvalue weighted by molar-refractivity contribution is 6.33. The topological polar surface area (TPSA) is 20.2 Å². The Morgan fingerprint density at radius 3 is 2.55 bits per heavy atom. The van der Waals surface area contributed by atoms with Gasteiger partial charge in [-0.2, -0.15) is 0 Å². The third kappa shape index (κ3) is 1.84. The first-order valence-corrected chi connectivity index (χ1v) is 3.86. The molecule has 1 aromatic rings. The molecule has 0 saturated heterocycles. The molecule has 0 aliphatic heterocycles. The predicted molar refractivity (Wildman–Crippen MR) is 50.0 cm³/mol. The van der Waals surface area contributed by atoms with E-state index in [0.29, 0.717) is 0 Å². The van der Waals surface area contributed by atoms with E-state index in [-0.39, 0.29) is 6.10 Å². The van der Waals surface area contributed by atoms with Gasteiger partial charge in [0.05, 0.1) is 6.10 Å². The van der Waals surface area contributed by atoms with Gasteiger partial charge in [0.1, 0.15) is 7.85 Å². The lowest BCUT2D eigenvalue weighted by Crippen LogP contribution is -2.12. The van der Waals surface area contributed by atoms with Crippen molar-refractivity contribution in [2.24, 2.45) is 0 Å². The van der Waals surface area contributed by atoms with Crippen molar-refractivity contribution in [1.29, 1.82) is 0 Å². The van der Waals surface area contributed by atoms with Gasteiger partial charge in [-0.15, -0.1) is 0 Å². The maximum atomic E-state index is 9.33. The molecule has 1 rings (SSSR count). The maximum absolute atomic E-state index is 9.33. The van der Waals surface area contributed by atoms with Gasteiger partial charge in [0, 0.05) is 0 Å². The van der Waals surface area contributed by atoms with Crippen LogP contribution in [0.4, 0.5) is 0 Å². The number of rotatable bonds is 1. The molecule has 1 aromatic carbocycles. The lowest BCUT2D eigenvalue weighted by molar-refractivity contribution is 0.200. The third-order valence-corrected chi connectivity index (χ3v) is 1.88. The smallest absolute Gasteiger partial charge is 0.139 e. The fourth-order valence-corrected chi connectivity index (χ4v) is 1.21. The molecule has 0 radical (unpaired) electrons. The monoisotopic (exact) mass is 148 g/mol. The van der Waals surface area contributed by atoms with Gasteiger partial charge >= 0.3 is 0 Å². The van der Waals surface area contributed by atoms with Gasteiger partial charge in [0.2, 0.25) is 0 Å². The van der Waals surface area contributed by atoms with Crippen molar-refractivity contribution in [3.05, 3.63) is 29.3 Å². The molecule has 0 heterocycles. The van der Waals surface area contributed by atoms with E-state index in [1.807, 2.05) is 26.9 Å². The first-order valence-electron chi connectivity index (χ1n) is 3.86. The van der Waals surface area contributed by atoms with Gasteiger partial charge in [0.15, 0.2) is 0 Å². The van der Waals surface area contributed by atoms with Crippen LogP contribution >= 0.6 is 0 Å². The zero-order chi connectivity index (χ0) is 8.43. The predicted octanol–water partition coefficient (Wildman–Crippen LogP) is 0.307. The summed E-state index contributed by atoms with van der Waals surface area (Å²) in [5.74, 6) is 0. The number of aryl methyl sites for hydroxylation is 1. The number of hydrogen-bond acceptors (Lipinski definition) is 1. The Labute approximate surface area is 68.5 Å². The van der Waals surface area contributed by atoms with Crippen LogP contribution in [0.5, 0.6) is 0 Å². The van der Waals surface area contributed by atoms with Gasteiger partial charge in [-0.3, -0.25) is 0 Å². The van der Waals surface area contributed by atoms with E-state index in [2.05, 4.69) is 6.07 Å². The van der Waals surface area contributed by atoms with Crippen molar-refractivity contribution in [2.75, 3.05) is 0 Å². The first kappa shape index (κ1) is 8.34. The van der Waals surface area contributed by atoms with Gasteiger partial charge in [-0.25, -0.2) is 0 Å². The standard InChI is InChI=1S/C9H13BO/c1-6-3-4-9(10)8(5-6)7(2)11/h3-5,7,11H,10H2,1-2H3/t7-/m1/s1. The molecule has 1 nitrogen and oxygen atoms in total. The van der Waals surface area contributed by atoms with Crippen molar-refractivity contribution in [3.63, 3.8) is 0 Å². The highest BCUT2D eigenvalue weighted by Gasteiger charge is 2.03. The van der Waals surface area contributed by atoms with E-state index in [1.54, 1.807) is 6.92 Å². The molecule has 0 aliphatic carbocycles. The summed E-state index contributed by atoms with van der Waals surface area (Å²) in [6.45, 7) is 3.83. The number of hydrogen-bond donors (Lipinski definition) is 1. The van der Waals surface area contributed by atoms with Crippen molar-refractivity contribution >= 4 is 13.3 Å². The van der Waals surface area contributed by atoms with Crippen LogP contribution in [0.15, 0.2) is 18.2 Å². The number of aliphatic hydroxyl groups excluding tert-OH is 1. The largest absolute Gasteiger partial charge is 0.389 e. The Balaban J connectivity index is 3.13. The quantitative estimate of drug-likeness (QED) is 0.568. The van der Waals surface area contributed by atoms with Crippen LogP contribution in [0.3, 0.4) is 0 Å². The molecule has 2 heteroatoms. The molecule has 0 fully saturated rings. The summed E-state index contributed by atoms with van der Waals surface area (Å²) in [5, 5.41) is 9.33. The molecule has 0 aliphatic rings. The molecule has 0 amide bonds. The van der Waals surface area contributed by atoms with E-state index in [9.17, 15) is 5.11 Å². The van der Waals surface area contributed by atoms with Crippen LogP contribution in [-0.2, 0) is 0 Å². The minimum absolute atomic E-state index is 0.352. The molecule has 58 valence electrons. The van der Waals surface area contributed by atoms with E-state index >= 15 is 0 Å². The Morgan fingerprint density at radius 1 is 1.45 bits per heavy atom. The highest BCUT2D eigenvalue weighted by atomic mass is 16.3. The molecule has 0 aromatic heterocycles. The number of aliphatic hydroxyl groups is 1. The summed E-state index contributed by atoms with van der Waals surface area (Å²) in [6.07, 6.45) is -0.352. The summed E-state index contributed by atoms with van der Waals surface area (Å²) in [6, 6.07) is 6.12. The van der Waals surface area contributed by atoms with Crippen molar-refractivity contribution < 1.29 is 5.11 Å². The summed E-state index contributed by atoms with van der Waals surface area (Å²) < 4.78 is 0. The Kier molecular flexibility index (Phi) is 2.35. The average Bonchev–Trinajstić information content (AvgIpc) is 1.94. The fraction of sp³-hybridized carbons (Fsp3) is 0.333. The van der Waals surface area contributed by atoms with E-state index in [1.165, 1.54) is 5.56 Å². The van der Waals surface area contributed by atoms with Crippen LogP contribution in [-0.4, -0.2) is 13.0 Å². The van der Waals surface area contributed by atoms with E-state index < -0.39 is 0 Å². The minimum Gasteiger partial charge on any atom is -0.389 e. The van der Waals surface area contributed by atoms with Crippen LogP contribution < -0.4 is 5.46 Å². The molecule has 0 bridgehead atoms. The van der Waals surface area contributed by atoms with Crippen LogP contribution in [0.2, 0.25) is 0 Å². The summed E-state index contributed by atoms with van der Waals surface area (Å²) >= 11 is 0. The lowest BCUT2D eigenvalue weighted by Gasteiger charge is -2.09. The third-order valence-electron chi connectivity index (χ3n) is 1.88. The van der Waals surface area contributed by atoms with E-state index in [4.69, 9.17) is 0 Å². The van der Waals surface area contributed by atoms with Gasteiger partial charge in [-0.05, 0) is 19.4 Å². The SMILES string of the molecule is Bc1ccc(C)cc1[C@@H](C)O. The Morgan fingerprint density at radius 2 is 2.09 bits per heavy atom. The molecule has 0 unspecified atom stereocenters. The summed E-state index contributed by atoms with van der Waals surface area (Å²) in [4.78, 5) is 0. The minimum atomic E-state index is -0.352. The normalized spacial score (nSPS) is 13.0. The maximum Gasteiger partial charge on any atom is 0.139 e. The van der Waals surface area contributed by atoms with Crippen molar-refractivity contribution in [1.82, 2.24) is 0 Å². The molecule has 11 heavy (non-hydrogen) atoms. The second-order valence-corrected chi connectivity index (χ2v) is 3.04. The van der Waals surface area contributed by atoms with Gasteiger partial charge in [0.25, 0.3) is 0 Å². The zero-order valence-electron chi connectivity index (χ0n) is 7.26. The summed E-state index contributed by atoms with van der Waals surface area (Å²) in [5.41, 5.74) is 3.39. The lowest BCUT2D eigenvalue weighted by atomic mass is 9.87. The van der Waals surface area contributed by atoms with Gasteiger partial charge < -0.3 is 5.11 Å². The molecule has 1 atom stereocenters. The molecular weight excluding hydrogens is 135 g/mol. The zero-order valence-corrected chi connectivity index (χ0v) is 7.26. The molecule has 0 saturated carbocycles. The Bertz CT molecular complexity index is 256. The van der Waals surface area contributed by atoms with Gasteiger partial charge in [-0.1, -0.05) is 29.2 Å². The first-order chi connectivity index (χ1) is 5.11.